The number of hydrogen-bond donors (Lipinski definition) is 0. The molecule has 0 unspecified atom stereocenters. The Morgan fingerprint density at radius 3 is 2.44 bits per heavy atom. The van der Waals surface area contributed by atoms with Gasteiger partial charge in [-0.15, -0.1) is 0 Å². The van der Waals surface area contributed by atoms with Crippen molar-refractivity contribution in [2.24, 2.45) is 11.3 Å². The molecule has 5 nitrogen and oxygen atoms in total. The molecule has 0 bridgehead atoms. The molecule has 2 saturated heterocycles. The Bertz CT molecular complexity index is 669. The van der Waals surface area contributed by atoms with Crippen LogP contribution in [0.4, 0.5) is 0 Å². The molecule has 3 heterocycles. The van der Waals surface area contributed by atoms with E-state index in [2.05, 4.69) is 25.7 Å². The Morgan fingerprint density at radius 2 is 1.76 bits per heavy atom. The van der Waals surface area contributed by atoms with E-state index in [1.807, 2.05) is 6.07 Å². The van der Waals surface area contributed by atoms with Crippen LogP contribution in [0.3, 0.4) is 0 Å². The van der Waals surface area contributed by atoms with Crippen LogP contribution in [0.5, 0.6) is 0 Å². The van der Waals surface area contributed by atoms with Crippen molar-refractivity contribution in [3.8, 4) is 0 Å². The molecule has 1 aromatic rings. The van der Waals surface area contributed by atoms with Gasteiger partial charge in [-0.3, -0.25) is 4.90 Å². The van der Waals surface area contributed by atoms with Crippen molar-refractivity contribution in [1.82, 2.24) is 9.21 Å². The zero-order valence-corrected chi connectivity index (χ0v) is 16.6. The minimum absolute atomic E-state index is 0.104. The number of sulfonamides is 1. The van der Waals surface area contributed by atoms with Gasteiger partial charge in [0.2, 0.25) is 5.09 Å². The molecule has 3 rings (SSSR count). The molecule has 0 aliphatic carbocycles. The molecule has 0 saturated carbocycles. The van der Waals surface area contributed by atoms with E-state index in [9.17, 15) is 8.42 Å². The highest BCUT2D eigenvalue weighted by Crippen LogP contribution is 2.34. The highest BCUT2D eigenvalue weighted by molar-refractivity contribution is 7.89. The quantitative estimate of drug-likeness (QED) is 0.813. The number of likely N-dealkylation sites (tertiary alicyclic amines) is 1. The molecule has 25 heavy (non-hydrogen) atoms. The molecule has 0 radical (unpaired) electrons. The lowest BCUT2D eigenvalue weighted by molar-refractivity contribution is 0.201. The zero-order valence-electron chi connectivity index (χ0n) is 15.8. The van der Waals surface area contributed by atoms with Gasteiger partial charge in [0.05, 0.1) is 6.54 Å². The van der Waals surface area contributed by atoms with Gasteiger partial charge in [0.1, 0.15) is 5.76 Å². The molecule has 0 spiro atoms. The second-order valence-corrected chi connectivity index (χ2v) is 10.5. The third-order valence-electron chi connectivity index (χ3n) is 5.72. The Morgan fingerprint density at radius 1 is 1.04 bits per heavy atom. The van der Waals surface area contributed by atoms with E-state index in [0.717, 1.165) is 37.6 Å². The number of rotatable bonds is 4. The van der Waals surface area contributed by atoms with Crippen LogP contribution in [0, 0.1) is 11.3 Å². The number of nitrogens with zero attached hydrogens (tertiary/aromatic N) is 2. The number of furan rings is 1. The monoisotopic (exact) mass is 368 g/mol. The maximum absolute atomic E-state index is 12.6. The molecule has 2 aliphatic rings. The van der Waals surface area contributed by atoms with Crippen molar-refractivity contribution in [1.29, 1.82) is 0 Å². The summed E-state index contributed by atoms with van der Waals surface area (Å²) in [4.78, 5) is 2.40. The predicted molar refractivity (Wildman–Crippen MR) is 98.8 cm³/mol. The van der Waals surface area contributed by atoms with Gasteiger partial charge in [-0.25, -0.2) is 8.42 Å². The van der Waals surface area contributed by atoms with Crippen LogP contribution < -0.4 is 0 Å². The van der Waals surface area contributed by atoms with Crippen LogP contribution >= 0.6 is 0 Å². The van der Waals surface area contributed by atoms with Crippen LogP contribution in [-0.2, 0) is 16.6 Å². The first-order valence-electron chi connectivity index (χ1n) is 9.58. The van der Waals surface area contributed by atoms with E-state index in [-0.39, 0.29) is 5.09 Å². The van der Waals surface area contributed by atoms with Gasteiger partial charge in [-0.2, -0.15) is 4.31 Å². The molecule has 2 aliphatic heterocycles. The number of hydrogen-bond acceptors (Lipinski definition) is 4. The average molecular weight is 369 g/mol. The summed E-state index contributed by atoms with van der Waals surface area (Å²) in [7, 11) is -3.45. The smallest absolute Gasteiger partial charge is 0.276 e. The summed E-state index contributed by atoms with van der Waals surface area (Å²) in [6.07, 6.45) is 5.54. The molecule has 0 N–H and O–H groups in total. The first-order chi connectivity index (χ1) is 11.8. The minimum Gasteiger partial charge on any atom is -0.447 e. The first-order valence-corrected chi connectivity index (χ1v) is 11.0. The van der Waals surface area contributed by atoms with Crippen molar-refractivity contribution in [2.45, 2.75) is 64.5 Å². The van der Waals surface area contributed by atoms with Gasteiger partial charge in [0, 0.05) is 13.1 Å². The SMILES string of the molecule is CC(C)(C)[C@@H]1CCCN(Cc2ccc(S(=O)(=O)N3CCCC3)o2)CC1. The van der Waals surface area contributed by atoms with Crippen LogP contribution in [0.1, 0.15) is 58.6 Å². The zero-order chi connectivity index (χ0) is 18.1. The van der Waals surface area contributed by atoms with E-state index in [0.29, 0.717) is 25.0 Å². The molecule has 2 fully saturated rings. The van der Waals surface area contributed by atoms with Crippen LogP contribution in [0.15, 0.2) is 21.6 Å². The maximum Gasteiger partial charge on any atom is 0.276 e. The average Bonchev–Trinajstić information content (AvgIpc) is 3.16. The second kappa shape index (κ2) is 7.41. The molecular weight excluding hydrogens is 336 g/mol. The van der Waals surface area contributed by atoms with Gasteiger partial charge in [-0.1, -0.05) is 20.8 Å². The lowest BCUT2D eigenvalue weighted by Crippen LogP contribution is -2.27. The summed E-state index contributed by atoms with van der Waals surface area (Å²) in [6, 6.07) is 3.45. The molecule has 6 heteroatoms. The topological polar surface area (TPSA) is 53.8 Å². The summed E-state index contributed by atoms with van der Waals surface area (Å²) in [5.41, 5.74) is 0.359. The van der Waals surface area contributed by atoms with Gasteiger partial charge in [0.25, 0.3) is 10.0 Å². The Labute approximate surface area is 152 Å². The van der Waals surface area contributed by atoms with E-state index in [1.165, 1.54) is 23.6 Å². The van der Waals surface area contributed by atoms with Gasteiger partial charge in [0.15, 0.2) is 0 Å². The normalized spacial score (nSPS) is 24.5. The third kappa shape index (κ3) is 4.47. The molecule has 142 valence electrons. The van der Waals surface area contributed by atoms with Gasteiger partial charge < -0.3 is 4.42 Å². The van der Waals surface area contributed by atoms with Gasteiger partial charge >= 0.3 is 0 Å². The predicted octanol–water partition coefficient (Wildman–Crippen LogP) is 3.71. The van der Waals surface area contributed by atoms with Gasteiger partial charge in [-0.05, 0) is 68.7 Å². The Balaban J connectivity index is 1.62. The lowest BCUT2D eigenvalue weighted by Gasteiger charge is -2.29. The molecular formula is C19H32N2O3S. The van der Waals surface area contributed by atoms with Crippen LogP contribution in [-0.4, -0.2) is 43.8 Å². The fraction of sp³-hybridized carbons (Fsp3) is 0.789. The van der Waals surface area contributed by atoms with Crippen molar-refractivity contribution < 1.29 is 12.8 Å². The summed E-state index contributed by atoms with van der Waals surface area (Å²) in [6.45, 7) is 11.0. The van der Waals surface area contributed by atoms with E-state index < -0.39 is 10.0 Å². The summed E-state index contributed by atoms with van der Waals surface area (Å²) in [5.74, 6) is 1.51. The summed E-state index contributed by atoms with van der Waals surface area (Å²) >= 11 is 0. The molecule has 0 aromatic carbocycles. The summed E-state index contributed by atoms with van der Waals surface area (Å²) < 4.78 is 32.4. The third-order valence-corrected chi connectivity index (χ3v) is 7.49. The molecule has 1 aromatic heterocycles. The van der Waals surface area contributed by atoms with Crippen molar-refractivity contribution in [2.75, 3.05) is 26.2 Å². The van der Waals surface area contributed by atoms with Crippen LogP contribution in [0.25, 0.3) is 0 Å². The first kappa shape index (κ1) is 18.9. The standard InChI is InChI=1S/C19H32N2O3S/c1-19(2,3)16-7-6-11-20(14-10-16)15-17-8-9-18(24-17)25(22,23)21-12-4-5-13-21/h8-9,16H,4-7,10-15H2,1-3H3/t16-/m1/s1. The molecule has 0 amide bonds. The summed E-state index contributed by atoms with van der Waals surface area (Å²) in [5, 5.41) is 0.104. The Kier molecular flexibility index (Phi) is 5.61. The van der Waals surface area contributed by atoms with E-state index >= 15 is 0 Å². The van der Waals surface area contributed by atoms with Crippen molar-refractivity contribution >= 4 is 10.0 Å². The van der Waals surface area contributed by atoms with E-state index in [4.69, 9.17) is 4.42 Å². The molecule has 1 atom stereocenters. The second-order valence-electron chi connectivity index (χ2n) is 8.60. The highest BCUT2D eigenvalue weighted by Gasteiger charge is 2.31. The highest BCUT2D eigenvalue weighted by atomic mass is 32.2. The lowest BCUT2D eigenvalue weighted by atomic mass is 9.77. The van der Waals surface area contributed by atoms with E-state index in [1.54, 1.807) is 6.07 Å². The minimum atomic E-state index is -3.45. The fourth-order valence-corrected chi connectivity index (χ4v) is 5.48. The van der Waals surface area contributed by atoms with Crippen molar-refractivity contribution in [3.05, 3.63) is 17.9 Å². The fourth-order valence-electron chi connectivity index (χ4n) is 4.04. The Hall–Kier alpha value is -0.850. The maximum atomic E-state index is 12.6. The van der Waals surface area contributed by atoms with Crippen LogP contribution in [0.2, 0.25) is 0 Å². The largest absolute Gasteiger partial charge is 0.447 e. The van der Waals surface area contributed by atoms with Crippen molar-refractivity contribution in [3.63, 3.8) is 0 Å².